The number of phenolic OH excluding ortho intramolecular Hbond substituents is 1. The Morgan fingerprint density at radius 1 is 1.11 bits per heavy atom. The second-order valence-corrected chi connectivity index (χ2v) is 4.15. The quantitative estimate of drug-likeness (QED) is 0.878. The normalized spacial score (nSPS) is 12.4. The Labute approximate surface area is 104 Å². The molecule has 94 valence electrons. The largest absolute Gasteiger partial charge is 0.508 e. The second kappa shape index (κ2) is 5.14. The zero-order valence-corrected chi connectivity index (χ0v) is 9.61. The van der Waals surface area contributed by atoms with Crippen LogP contribution in [0.1, 0.15) is 17.2 Å². The van der Waals surface area contributed by atoms with Gasteiger partial charge in [0.05, 0.1) is 0 Å². The number of hydrogen-bond donors (Lipinski definition) is 2. The van der Waals surface area contributed by atoms with E-state index < -0.39 is 17.7 Å². The topological polar surface area (TPSA) is 46.2 Å². The average Bonchev–Trinajstić information content (AvgIpc) is 2.28. The molecule has 3 N–H and O–H groups in total. The van der Waals surface area contributed by atoms with E-state index in [4.69, 9.17) is 5.73 Å². The van der Waals surface area contributed by atoms with Gasteiger partial charge in [0.25, 0.3) is 0 Å². The van der Waals surface area contributed by atoms with Crippen LogP contribution in [0.4, 0.5) is 8.78 Å². The molecular weight excluding hydrogens is 236 g/mol. The van der Waals surface area contributed by atoms with Crippen LogP contribution in [-0.4, -0.2) is 5.11 Å². The Kier molecular flexibility index (Phi) is 3.58. The Morgan fingerprint density at radius 3 is 2.56 bits per heavy atom. The van der Waals surface area contributed by atoms with Crippen molar-refractivity contribution >= 4 is 0 Å². The van der Waals surface area contributed by atoms with Crippen LogP contribution in [0.2, 0.25) is 0 Å². The molecule has 2 aromatic rings. The summed E-state index contributed by atoms with van der Waals surface area (Å²) < 4.78 is 26.3. The maximum absolute atomic E-state index is 13.5. The molecule has 4 heteroatoms. The van der Waals surface area contributed by atoms with Crippen molar-refractivity contribution in [2.24, 2.45) is 5.73 Å². The number of benzene rings is 2. The molecule has 0 aliphatic rings. The van der Waals surface area contributed by atoms with Gasteiger partial charge in [0.2, 0.25) is 0 Å². The number of phenols is 1. The number of halogens is 2. The molecule has 0 spiro atoms. The molecule has 0 saturated heterocycles. The summed E-state index contributed by atoms with van der Waals surface area (Å²) in [7, 11) is 0. The average molecular weight is 249 g/mol. The fraction of sp³-hybridized carbons (Fsp3) is 0.143. The summed E-state index contributed by atoms with van der Waals surface area (Å²) in [6.45, 7) is 0. The summed E-state index contributed by atoms with van der Waals surface area (Å²) in [6, 6.07) is 9.37. The van der Waals surface area contributed by atoms with E-state index in [1.165, 1.54) is 12.1 Å². The van der Waals surface area contributed by atoms with Crippen LogP contribution in [0.5, 0.6) is 5.75 Å². The minimum Gasteiger partial charge on any atom is -0.508 e. The molecule has 1 atom stereocenters. The number of rotatable bonds is 3. The lowest BCUT2D eigenvalue weighted by Gasteiger charge is -2.13. The molecule has 0 bridgehead atoms. The monoisotopic (exact) mass is 249 g/mol. The highest BCUT2D eigenvalue weighted by Crippen LogP contribution is 2.21. The van der Waals surface area contributed by atoms with Gasteiger partial charge < -0.3 is 10.8 Å². The highest BCUT2D eigenvalue weighted by atomic mass is 19.1. The molecule has 1 unspecified atom stereocenters. The van der Waals surface area contributed by atoms with E-state index in [0.29, 0.717) is 6.42 Å². The first kappa shape index (κ1) is 12.5. The molecule has 0 fully saturated rings. The van der Waals surface area contributed by atoms with Crippen LogP contribution < -0.4 is 5.73 Å². The van der Waals surface area contributed by atoms with E-state index in [-0.39, 0.29) is 11.3 Å². The first-order chi connectivity index (χ1) is 8.56. The molecule has 0 aliphatic carbocycles. The fourth-order valence-corrected chi connectivity index (χ4v) is 1.85. The summed E-state index contributed by atoms with van der Waals surface area (Å²) in [5.74, 6) is -1.14. The second-order valence-electron chi connectivity index (χ2n) is 4.15. The third-order valence-corrected chi connectivity index (χ3v) is 2.73. The Morgan fingerprint density at radius 2 is 1.89 bits per heavy atom. The first-order valence-electron chi connectivity index (χ1n) is 5.54. The Hall–Kier alpha value is -1.94. The van der Waals surface area contributed by atoms with Crippen LogP contribution >= 0.6 is 0 Å². The summed E-state index contributed by atoms with van der Waals surface area (Å²) in [5.41, 5.74) is 6.95. The van der Waals surface area contributed by atoms with E-state index in [1.807, 2.05) is 0 Å². The van der Waals surface area contributed by atoms with E-state index in [2.05, 4.69) is 0 Å². The molecule has 0 aliphatic heterocycles. The van der Waals surface area contributed by atoms with E-state index in [1.54, 1.807) is 24.3 Å². The molecule has 0 amide bonds. The van der Waals surface area contributed by atoms with Crippen molar-refractivity contribution in [2.75, 3.05) is 0 Å². The molecule has 0 aromatic heterocycles. The fourth-order valence-electron chi connectivity index (χ4n) is 1.85. The smallest absolute Gasteiger partial charge is 0.130 e. The van der Waals surface area contributed by atoms with Crippen molar-refractivity contribution in [1.82, 2.24) is 0 Å². The molecule has 2 aromatic carbocycles. The number of aromatic hydroxyl groups is 1. The predicted octanol–water partition coefficient (Wildman–Crippen LogP) is 2.91. The van der Waals surface area contributed by atoms with Gasteiger partial charge in [-0.3, -0.25) is 0 Å². The minimum absolute atomic E-state index is 0.138. The van der Waals surface area contributed by atoms with Gasteiger partial charge in [0, 0.05) is 17.7 Å². The van der Waals surface area contributed by atoms with Crippen molar-refractivity contribution in [3.8, 4) is 5.75 Å². The van der Waals surface area contributed by atoms with Crippen molar-refractivity contribution < 1.29 is 13.9 Å². The van der Waals surface area contributed by atoms with Crippen molar-refractivity contribution in [3.63, 3.8) is 0 Å². The van der Waals surface area contributed by atoms with Gasteiger partial charge in [-0.05, 0) is 30.2 Å². The Balaban J connectivity index is 2.19. The van der Waals surface area contributed by atoms with Crippen LogP contribution in [0.15, 0.2) is 42.5 Å². The molecule has 2 rings (SSSR count). The SMILES string of the molecule is NC(Cc1cccc(O)c1)c1ccc(F)cc1F. The van der Waals surface area contributed by atoms with Crippen molar-refractivity contribution in [3.05, 3.63) is 65.2 Å². The zero-order valence-electron chi connectivity index (χ0n) is 9.61. The predicted molar refractivity (Wildman–Crippen MR) is 65.1 cm³/mol. The molecule has 0 radical (unpaired) electrons. The van der Waals surface area contributed by atoms with E-state index >= 15 is 0 Å². The highest BCUT2D eigenvalue weighted by molar-refractivity contribution is 5.30. The minimum atomic E-state index is -0.650. The lowest BCUT2D eigenvalue weighted by Crippen LogP contribution is -2.15. The summed E-state index contributed by atoms with van der Waals surface area (Å²) in [4.78, 5) is 0. The van der Waals surface area contributed by atoms with Gasteiger partial charge in [-0.2, -0.15) is 0 Å². The van der Waals surface area contributed by atoms with E-state index in [0.717, 1.165) is 11.6 Å². The maximum atomic E-state index is 13.5. The summed E-state index contributed by atoms with van der Waals surface area (Å²) >= 11 is 0. The maximum Gasteiger partial charge on any atom is 0.130 e. The van der Waals surface area contributed by atoms with Crippen LogP contribution in [0.3, 0.4) is 0 Å². The molecular formula is C14H13F2NO. The lowest BCUT2D eigenvalue weighted by molar-refractivity contribution is 0.474. The van der Waals surface area contributed by atoms with Gasteiger partial charge in [0.1, 0.15) is 17.4 Å². The molecule has 2 nitrogen and oxygen atoms in total. The van der Waals surface area contributed by atoms with Gasteiger partial charge in [-0.25, -0.2) is 8.78 Å². The van der Waals surface area contributed by atoms with Crippen molar-refractivity contribution in [1.29, 1.82) is 0 Å². The first-order valence-corrected chi connectivity index (χ1v) is 5.54. The van der Waals surface area contributed by atoms with Gasteiger partial charge in [-0.15, -0.1) is 0 Å². The van der Waals surface area contributed by atoms with Crippen LogP contribution in [0.25, 0.3) is 0 Å². The molecule has 18 heavy (non-hydrogen) atoms. The van der Waals surface area contributed by atoms with Gasteiger partial charge in [0.15, 0.2) is 0 Å². The standard InChI is InChI=1S/C14H13F2NO/c15-10-4-5-12(13(16)8-10)14(17)7-9-2-1-3-11(18)6-9/h1-6,8,14,18H,7,17H2. The number of nitrogens with two attached hydrogens (primary N) is 1. The lowest BCUT2D eigenvalue weighted by atomic mass is 9.99. The summed E-state index contributed by atoms with van der Waals surface area (Å²) in [5, 5.41) is 9.32. The molecule has 0 heterocycles. The zero-order chi connectivity index (χ0) is 13.1. The van der Waals surface area contributed by atoms with Crippen LogP contribution in [0, 0.1) is 11.6 Å². The van der Waals surface area contributed by atoms with E-state index in [9.17, 15) is 13.9 Å². The third-order valence-electron chi connectivity index (χ3n) is 2.73. The van der Waals surface area contributed by atoms with Gasteiger partial charge >= 0.3 is 0 Å². The van der Waals surface area contributed by atoms with Crippen molar-refractivity contribution in [2.45, 2.75) is 12.5 Å². The molecule has 0 saturated carbocycles. The van der Waals surface area contributed by atoms with Gasteiger partial charge in [-0.1, -0.05) is 18.2 Å². The summed E-state index contributed by atoms with van der Waals surface area (Å²) in [6.07, 6.45) is 0.372. The Bertz CT molecular complexity index is 557. The number of hydrogen-bond acceptors (Lipinski definition) is 2. The highest BCUT2D eigenvalue weighted by Gasteiger charge is 2.13. The third kappa shape index (κ3) is 2.84. The van der Waals surface area contributed by atoms with Crippen LogP contribution in [-0.2, 0) is 6.42 Å².